The second-order valence-electron chi connectivity index (χ2n) is 5.10. The highest BCUT2D eigenvalue weighted by molar-refractivity contribution is 5.96. The van der Waals surface area contributed by atoms with Gasteiger partial charge in [0.05, 0.1) is 12.1 Å². The van der Waals surface area contributed by atoms with Crippen LogP contribution in [0.5, 0.6) is 0 Å². The summed E-state index contributed by atoms with van der Waals surface area (Å²) in [5.41, 5.74) is 9.43. The van der Waals surface area contributed by atoms with E-state index in [0.717, 1.165) is 42.1 Å². The van der Waals surface area contributed by atoms with Crippen LogP contribution in [-0.2, 0) is 17.6 Å². The van der Waals surface area contributed by atoms with Gasteiger partial charge in [0.15, 0.2) is 0 Å². The van der Waals surface area contributed by atoms with Crippen molar-refractivity contribution in [2.75, 3.05) is 17.2 Å². The Morgan fingerprint density at radius 3 is 3.00 bits per heavy atom. The van der Waals surface area contributed by atoms with E-state index in [1.165, 1.54) is 0 Å². The third-order valence-corrected chi connectivity index (χ3v) is 3.60. The fourth-order valence-corrected chi connectivity index (χ4v) is 2.66. The smallest absolute Gasteiger partial charge is 0.233 e. The Kier molecular flexibility index (Phi) is 4.53. The zero-order valence-electron chi connectivity index (χ0n) is 11.8. The summed E-state index contributed by atoms with van der Waals surface area (Å²) in [5.74, 6) is 0.751. The molecule has 2 heterocycles. The number of aryl methyl sites for hydroxylation is 1. The molecule has 0 atom stereocenters. The second kappa shape index (κ2) is 6.18. The van der Waals surface area contributed by atoms with Crippen molar-refractivity contribution in [2.24, 2.45) is 0 Å². The van der Waals surface area contributed by atoms with Gasteiger partial charge in [-0.05, 0) is 37.5 Å². The summed E-state index contributed by atoms with van der Waals surface area (Å²) in [6.45, 7) is 2.55. The monoisotopic (exact) mass is 307 g/mol. The van der Waals surface area contributed by atoms with Crippen molar-refractivity contribution in [1.29, 1.82) is 0 Å². The number of hydrogen-bond donors (Lipinski definition) is 1. The van der Waals surface area contributed by atoms with Gasteiger partial charge in [-0.25, -0.2) is 0 Å². The number of anilines is 2. The first kappa shape index (κ1) is 15.4. The number of benzene rings is 1. The van der Waals surface area contributed by atoms with Crippen molar-refractivity contribution in [1.82, 2.24) is 5.16 Å². The third-order valence-electron chi connectivity index (χ3n) is 3.60. The second-order valence-corrected chi connectivity index (χ2v) is 5.10. The number of carbonyl (C=O) groups excluding carboxylic acids is 1. The van der Waals surface area contributed by atoms with Crippen LogP contribution in [-0.4, -0.2) is 17.6 Å². The van der Waals surface area contributed by atoms with Gasteiger partial charge < -0.3 is 15.2 Å². The van der Waals surface area contributed by atoms with E-state index < -0.39 is 0 Å². The zero-order chi connectivity index (χ0) is 14.1. The van der Waals surface area contributed by atoms with Gasteiger partial charge in [0.1, 0.15) is 5.76 Å². The van der Waals surface area contributed by atoms with Crippen LogP contribution in [0.4, 0.5) is 11.4 Å². The average molecular weight is 308 g/mol. The molecule has 112 valence electrons. The van der Waals surface area contributed by atoms with Crippen LogP contribution in [0.25, 0.3) is 0 Å². The molecule has 2 aromatic rings. The van der Waals surface area contributed by atoms with Crippen molar-refractivity contribution in [3.63, 3.8) is 0 Å². The molecule has 0 saturated carbocycles. The quantitative estimate of drug-likeness (QED) is 0.865. The molecule has 1 aliphatic heterocycles. The number of rotatable bonds is 2. The number of fused-ring (bicyclic) bond motifs is 1. The van der Waals surface area contributed by atoms with Crippen LogP contribution >= 0.6 is 12.4 Å². The molecule has 1 aromatic heterocycles. The van der Waals surface area contributed by atoms with Crippen molar-refractivity contribution >= 4 is 29.7 Å². The first-order valence-corrected chi connectivity index (χ1v) is 6.75. The molecule has 0 bridgehead atoms. The number of halogens is 1. The van der Waals surface area contributed by atoms with E-state index >= 15 is 0 Å². The fourth-order valence-electron chi connectivity index (χ4n) is 2.66. The van der Waals surface area contributed by atoms with E-state index in [1.54, 1.807) is 11.0 Å². The highest BCUT2D eigenvalue weighted by atomic mass is 35.5. The molecule has 1 aromatic carbocycles. The van der Waals surface area contributed by atoms with Gasteiger partial charge in [-0.15, -0.1) is 12.4 Å². The van der Waals surface area contributed by atoms with Crippen molar-refractivity contribution in [2.45, 2.75) is 26.2 Å². The highest BCUT2D eigenvalue weighted by Gasteiger charge is 2.24. The number of hydrogen-bond acceptors (Lipinski definition) is 4. The minimum Gasteiger partial charge on any atom is -0.398 e. The van der Waals surface area contributed by atoms with Crippen LogP contribution in [0.2, 0.25) is 0 Å². The third kappa shape index (κ3) is 3.03. The topological polar surface area (TPSA) is 72.4 Å². The zero-order valence-corrected chi connectivity index (χ0v) is 12.7. The average Bonchev–Trinajstić information content (AvgIpc) is 2.84. The molecule has 0 unspecified atom stereocenters. The molecule has 1 aliphatic rings. The normalized spacial score (nSPS) is 13.5. The van der Waals surface area contributed by atoms with Crippen molar-refractivity contribution in [3.05, 3.63) is 41.3 Å². The van der Waals surface area contributed by atoms with Gasteiger partial charge in [-0.3, -0.25) is 4.79 Å². The molecule has 0 aliphatic carbocycles. The van der Waals surface area contributed by atoms with E-state index in [9.17, 15) is 4.79 Å². The molecule has 5 nitrogen and oxygen atoms in total. The van der Waals surface area contributed by atoms with Crippen molar-refractivity contribution in [3.8, 4) is 0 Å². The van der Waals surface area contributed by atoms with Gasteiger partial charge in [0, 0.05) is 24.0 Å². The standard InChI is InChI=1S/C15H17N3O2.ClH/c1-10-8-11(17-20-10)9-15(19)18-7-3-4-12-13(16)5-2-6-14(12)18;/h2,5-6,8H,3-4,7,9,16H2,1H3;1H. The molecule has 0 spiro atoms. The number of aromatic nitrogens is 1. The Morgan fingerprint density at radius 2 is 2.29 bits per heavy atom. The lowest BCUT2D eigenvalue weighted by molar-refractivity contribution is -0.118. The van der Waals surface area contributed by atoms with E-state index in [0.29, 0.717) is 5.69 Å². The maximum Gasteiger partial charge on any atom is 0.233 e. The van der Waals surface area contributed by atoms with E-state index in [2.05, 4.69) is 5.16 Å². The summed E-state index contributed by atoms with van der Waals surface area (Å²) < 4.78 is 5.00. The molecule has 1 amide bonds. The summed E-state index contributed by atoms with van der Waals surface area (Å²) in [5, 5.41) is 3.88. The van der Waals surface area contributed by atoms with E-state index in [4.69, 9.17) is 10.3 Å². The molecular weight excluding hydrogens is 290 g/mol. The maximum absolute atomic E-state index is 12.5. The largest absolute Gasteiger partial charge is 0.398 e. The first-order valence-electron chi connectivity index (χ1n) is 6.75. The van der Waals surface area contributed by atoms with Crippen LogP contribution in [0.1, 0.15) is 23.4 Å². The lowest BCUT2D eigenvalue weighted by atomic mass is 9.99. The van der Waals surface area contributed by atoms with Crippen LogP contribution in [0, 0.1) is 6.92 Å². The van der Waals surface area contributed by atoms with Gasteiger partial charge in [0.25, 0.3) is 0 Å². The van der Waals surface area contributed by atoms with E-state index in [1.807, 2.05) is 25.1 Å². The Morgan fingerprint density at radius 1 is 1.48 bits per heavy atom. The Labute approximate surface area is 129 Å². The molecule has 2 N–H and O–H groups in total. The minimum atomic E-state index is 0. The summed E-state index contributed by atoms with van der Waals surface area (Å²) in [7, 11) is 0. The summed E-state index contributed by atoms with van der Waals surface area (Å²) in [6, 6.07) is 7.52. The molecule has 6 heteroatoms. The number of amides is 1. The lowest BCUT2D eigenvalue weighted by Crippen LogP contribution is -2.36. The molecule has 0 radical (unpaired) electrons. The summed E-state index contributed by atoms with van der Waals surface area (Å²) in [4.78, 5) is 14.3. The van der Waals surface area contributed by atoms with Crippen LogP contribution in [0.3, 0.4) is 0 Å². The number of nitrogens with two attached hydrogens (primary N) is 1. The molecule has 3 rings (SSSR count). The highest BCUT2D eigenvalue weighted by Crippen LogP contribution is 2.31. The van der Waals surface area contributed by atoms with Crippen molar-refractivity contribution < 1.29 is 9.32 Å². The number of nitrogen functional groups attached to an aromatic ring is 1. The van der Waals surface area contributed by atoms with Gasteiger partial charge >= 0.3 is 0 Å². The molecule has 21 heavy (non-hydrogen) atoms. The Hall–Kier alpha value is -2.01. The number of nitrogens with zero attached hydrogens (tertiary/aromatic N) is 2. The fraction of sp³-hybridized carbons (Fsp3) is 0.333. The summed E-state index contributed by atoms with van der Waals surface area (Å²) >= 11 is 0. The Bertz CT molecular complexity index is 654. The predicted octanol–water partition coefficient (Wildman–Crippen LogP) is 2.51. The van der Waals surface area contributed by atoms with Gasteiger partial charge in [0.2, 0.25) is 5.91 Å². The minimum absolute atomic E-state index is 0. The van der Waals surface area contributed by atoms with E-state index in [-0.39, 0.29) is 24.7 Å². The summed E-state index contributed by atoms with van der Waals surface area (Å²) in [6.07, 6.45) is 2.12. The maximum atomic E-state index is 12.5. The SMILES string of the molecule is Cc1cc(CC(=O)N2CCCc3c(N)cccc32)no1.Cl. The molecule has 0 fully saturated rings. The van der Waals surface area contributed by atoms with Crippen LogP contribution < -0.4 is 10.6 Å². The van der Waals surface area contributed by atoms with Gasteiger partial charge in [-0.2, -0.15) is 0 Å². The number of carbonyl (C=O) groups is 1. The molecular formula is C15H18ClN3O2. The predicted molar refractivity (Wildman–Crippen MR) is 83.7 cm³/mol. The lowest BCUT2D eigenvalue weighted by Gasteiger charge is -2.30. The first-order chi connectivity index (χ1) is 9.65. The molecule has 0 saturated heterocycles. The Balaban J connectivity index is 0.00000161. The van der Waals surface area contributed by atoms with Gasteiger partial charge in [-0.1, -0.05) is 11.2 Å². The van der Waals surface area contributed by atoms with Crippen LogP contribution in [0.15, 0.2) is 28.8 Å².